The van der Waals surface area contributed by atoms with Crippen LogP contribution in [0.25, 0.3) is 6.08 Å². The second-order valence-electron chi connectivity index (χ2n) is 7.53. The lowest BCUT2D eigenvalue weighted by atomic mass is 10.0. The number of carbonyl (C=O) groups is 2. The van der Waals surface area contributed by atoms with Crippen molar-refractivity contribution in [3.63, 3.8) is 0 Å². The quantitative estimate of drug-likeness (QED) is 0.449. The fraction of sp³-hybridized carbons (Fsp3) is 0.200. The molecule has 0 radical (unpaired) electrons. The monoisotopic (exact) mass is 482 g/mol. The first kappa shape index (κ1) is 24.8. The van der Waals surface area contributed by atoms with Crippen LogP contribution in [-0.2, 0) is 14.6 Å². The van der Waals surface area contributed by atoms with E-state index in [1.165, 1.54) is 31.6 Å². The largest absolute Gasteiger partial charge is 0.497 e. The fourth-order valence-corrected chi connectivity index (χ4v) is 3.85. The van der Waals surface area contributed by atoms with Gasteiger partial charge in [-0.05, 0) is 60.5 Å². The van der Waals surface area contributed by atoms with E-state index in [1.807, 2.05) is 6.92 Å². The van der Waals surface area contributed by atoms with E-state index in [0.29, 0.717) is 23.5 Å². The normalized spacial score (nSPS) is 12.6. The molecule has 1 atom stereocenters. The fourth-order valence-electron chi connectivity index (χ4n) is 3.22. The van der Waals surface area contributed by atoms with Gasteiger partial charge in [-0.15, -0.1) is 0 Å². The third kappa shape index (κ3) is 6.35. The molecule has 1 aromatic heterocycles. The Labute approximate surface area is 198 Å². The summed E-state index contributed by atoms with van der Waals surface area (Å²) in [6, 6.07) is 15.8. The van der Waals surface area contributed by atoms with Gasteiger partial charge in [-0.2, -0.15) is 0 Å². The van der Waals surface area contributed by atoms with Crippen LogP contribution in [0.4, 0.5) is 0 Å². The highest BCUT2D eigenvalue weighted by atomic mass is 32.2. The summed E-state index contributed by atoms with van der Waals surface area (Å²) in [5, 5.41) is 5.54. The summed E-state index contributed by atoms with van der Waals surface area (Å²) < 4.78 is 33.9. The number of hydrogen-bond donors (Lipinski definition) is 2. The van der Waals surface area contributed by atoms with Gasteiger partial charge in [-0.25, -0.2) is 8.42 Å². The molecule has 3 rings (SSSR count). The second kappa shape index (κ2) is 10.8. The maximum atomic E-state index is 13.2. The zero-order valence-electron chi connectivity index (χ0n) is 19.1. The summed E-state index contributed by atoms with van der Waals surface area (Å²) in [7, 11) is -1.79. The van der Waals surface area contributed by atoms with Crippen LogP contribution in [0.15, 0.2) is 81.9 Å². The minimum absolute atomic E-state index is 0.00183. The van der Waals surface area contributed by atoms with Crippen molar-refractivity contribution in [3.8, 4) is 5.75 Å². The molecule has 2 amide bonds. The van der Waals surface area contributed by atoms with Crippen molar-refractivity contribution in [1.29, 1.82) is 0 Å². The Morgan fingerprint density at radius 1 is 1.06 bits per heavy atom. The van der Waals surface area contributed by atoms with Gasteiger partial charge in [0.1, 0.15) is 17.2 Å². The number of ether oxygens (including phenoxy) is 1. The van der Waals surface area contributed by atoms with E-state index in [4.69, 9.17) is 9.15 Å². The van der Waals surface area contributed by atoms with Crippen LogP contribution in [0.3, 0.4) is 0 Å². The number of furan rings is 1. The van der Waals surface area contributed by atoms with Gasteiger partial charge in [0, 0.05) is 17.9 Å². The Morgan fingerprint density at radius 3 is 2.26 bits per heavy atom. The lowest BCUT2D eigenvalue weighted by Crippen LogP contribution is -2.36. The SMILES string of the molecule is CC[C@H](NC(=O)/C(=C/c1ccco1)NC(=O)c1ccc(OC)cc1)c1ccc(S(C)(=O)=O)cc1. The molecule has 9 heteroatoms. The zero-order chi connectivity index (χ0) is 24.7. The van der Waals surface area contributed by atoms with E-state index in [2.05, 4.69) is 10.6 Å². The van der Waals surface area contributed by atoms with Gasteiger partial charge in [0.2, 0.25) is 0 Å². The molecule has 0 bridgehead atoms. The van der Waals surface area contributed by atoms with Crippen molar-refractivity contribution in [2.45, 2.75) is 24.3 Å². The molecule has 0 aliphatic rings. The summed E-state index contributed by atoms with van der Waals surface area (Å²) in [5.74, 6) is 0.0116. The van der Waals surface area contributed by atoms with Crippen molar-refractivity contribution in [2.75, 3.05) is 13.4 Å². The molecule has 0 fully saturated rings. The third-order valence-corrected chi connectivity index (χ3v) is 6.23. The number of benzene rings is 2. The predicted molar refractivity (Wildman–Crippen MR) is 128 cm³/mol. The van der Waals surface area contributed by atoms with Gasteiger partial charge >= 0.3 is 0 Å². The molecule has 34 heavy (non-hydrogen) atoms. The Bertz CT molecular complexity index is 1260. The Morgan fingerprint density at radius 2 is 1.74 bits per heavy atom. The number of methoxy groups -OCH3 is 1. The highest BCUT2D eigenvalue weighted by Gasteiger charge is 2.20. The van der Waals surface area contributed by atoms with Gasteiger partial charge in [-0.1, -0.05) is 19.1 Å². The third-order valence-electron chi connectivity index (χ3n) is 5.10. The number of nitrogens with one attached hydrogen (secondary N) is 2. The van der Waals surface area contributed by atoms with Gasteiger partial charge in [0.15, 0.2) is 9.84 Å². The average molecular weight is 483 g/mol. The number of hydrogen-bond acceptors (Lipinski definition) is 6. The number of carbonyl (C=O) groups excluding carboxylic acids is 2. The lowest BCUT2D eigenvalue weighted by Gasteiger charge is -2.19. The minimum atomic E-state index is -3.32. The maximum Gasteiger partial charge on any atom is 0.268 e. The molecule has 3 aromatic rings. The van der Waals surface area contributed by atoms with Gasteiger partial charge in [0.25, 0.3) is 11.8 Å². The van der Waals surface area contributed by atoms with Crippen molar-refractivity contribution in [1.82, 2.24) is 10.6 Å². The van der Waals surface area contributed by atoms with Gasteiger partial charge < -0.3 is 19.8 Å². The molecule has 0 unspecified atom stereocenters. The minimum Gasteiger partial charge on any atom is -0.497 e. The molecule has 0 aliphatic carbocycles. The molecule has 2 N–H and O–H groups in total. The van der Waals surface area contributed by atoms with Crippen molar-refractivity contribution < 1.29 is 27.2 Å². The first-order valence-electron chi connectivity index (χ1n) is 10.5. The Balaban J connectivity index is 1.82. The number of sulfone groups is 1. The van der Waals surface area contributed by atoms with E-state index in [9.17, 15) is 18.0 Å². The van der Waals surface area contributed by atoms with E-state index in [0.717, 1.165) is 11.8 Å². The molecular formula is C25H26N2O6S. The highest BCUT2D eigenvalue weighted by molar-refractivity contribution is 7.90. The topological polar surface area (TPSA) is 115 Å². The number of rotatable bonds is 9. The Hall–Kier alpha value is -3.85. The molecule has 0 aliphatic heterocycles. The molecule has 0 saturated carbocycles. The van der Waals surface area contributed by atoms with Crippen LogP contribution in [0, 0.1) is 0 Å². The lowest BCUT2D eigenvalue weighted by molar-refractivity contribution is -0.118. The summed E-state index contributed by atoms with van der Waals surface area (Å²) >= 11 is 0. The van der Waals surface area contributed by atoms with E-state index >= 15 is 0 Å². The smallest absolute Gasteiger partial charge is 0.268 e. The van der Waals surface area contributed by atoms with Crippen LogP contribution >= 0.6 is 0 Å². The van der Waals surface area contributed by atoms with Crippen LogP contribution < -0.4 is 15.4 Å². The molecule has 8 nitrogen and oxygen atoms in total. The van der Waals surface area contributed by atoms with Crippen molar-refractivity contribution in [3.05, 3.63) is 89.5 Å². The summed E-state index contributed by atoms with van der Waals surface area (Å²) in [6.45, 7) is 1.89. The molecule has 1 heterocycles. The van der Waals surface area contributed by atoms with E-state index in [-0.39, 0.29) is 10.6 Å². The van der Waals surface area contributed by atoms with Gasteiger partial charge in [-0.3, -0.25) is 9.59 Å². The second-order valence-corrected chi connectivity index (χ2v) is 9.55. The molecular weight excluding hydrogens is 456 g/mol. The molecule has 2 aromatic carbocycles. The molecule has 178 valence electrons. The molecule has 0 saturated heterocycles. The van der Waals surface area contributed by atoms with Crippen LogP contribution in [0.5, 0.6) is 5.75 Å². The summed E-state index contributed by atoms with van der Waals surface area (Å²) in [6.07, 6.45) is 4.59. The summed E-state index contributed by atoms with van der Waals surface area (Å²) in [5.41, 5.74) is 1.09. The predicted octanol–water partition coefficient (Wildman–Crippen LogP) is 3.73. The van der Waals surface area contributed by atoms with Crippen LogP contribution in [0.2, 0.25) is 0 Å². The number of amides is 2. The molecule has 0 spiro atoms. The van der Waals surface area contributed by atoms with E-state index in [1.54, 1.807) is 48.5 Å². The summed E-state index contributed by atoms with van der Waals surface area (Å²) in [4.78, 5) is 26.1. The first-order valence-corrected chi connectivity index (χ1v) is 12.4. The maximum absolute atomic E-state index is 13.2. The van der Waals surface area contributed by atoms with E-state index < -0.39 is 27.7 Å². The van der Waals surface area contributed by atoms with Crippen molar-refractivity contribution >= 4 is 27.7 Å². The van der Waals surface area contributed by atoms with Crippen LogP contribution in [0.1, 0.15) is 41.1 Å². The van der Waals surface area contributed by atoms with Gasteiger partial charge in [0.05, 0.1) is 24.3 Å². The van der Waals surface area contributed by atoms with Crippen molar-refractivity contribution in [2.24, 2.45) is 0 Å². The average Bonchev–Trinajstić information content (AvgIpc) is 3.34. The standard InChI is InChI=1S/C25H26N2O6S/c1-4-22(17-9-13-21(14-10-17)34(3,30)31)26-25(29)23(16-20-6-5-15-33-20)27-24(28)18-7-11-19(32-2)12-8-18/h5-16,22H,4H2,1-3H3,(H,26,29)(H,27,28)/b23-16-/t22-/m0/s1. The first-order chi connectivity index (χ1) is 16.2. The highest BCUT2D eigenvalue weighted by Crippen LogP contribution is 2.20. The Kier molecular flexibility index (Phi) is 7.91. The zero-order valence-corrected chi connectivity index (χ0v) is 19.9. The van der Waals surface area contributed by atoms with Crippen LogP contribution in [-0.4, -0.2) is 33.6 Å².